The normalized spacial score (nSPS) is 10.6. The van der Waals surface area contributed by atoms with Gasteiger partial charge >= 0.3 is 0 Å². The number of hydrogen-bond donors (Lipinski definition) is 1. The van der Waals surface area contributed by atoms with Gasteiger partial charge in [-0.3, -0.25) is 14.3 Å². The molecule has 0 aliphatic heterocycles. The van der Waals surface area contributed by atoms with Crippen molar-refractivity contribution in [3.63, 3.8) is 0 Å². The summed E-state index contributed by atoms with van der Waals surface area (Å²) in [5, 5.41) is 12.8. The minimum Gasteiger partial charge on any atom is -0.497 e. The highest BCUT2D eigenvalue weighted by atomic mass is 35.5. The lowest BCUT2D eigenvalue weighted by atomic mass is 10.2. The number of nitrogens with zero attached hydrogens (tertiary/aromatic N) is 4. The van der Waals surface area contributed by atoms with Crippen molar-refractivity contribution >= 4 is 29.3 Å². The summed E-state index contributed by atoms with van der Waals surface area (Å²) < 4.78 is 12.8. The summed E-state index contributed by atoms with van der Waals surface area (Å²) in [6, 6.07) is 18.4. The van der Waals surface area contributed by atoms with Crippen molar-refractivity contribution in [3.05, 3.63) is 78.1 Å². The van der Waals surface area contributed by atoms with Gasteiger partial charge in [0.05, 0.1) is 19.4 Å². The Bertz CT molecular complexity index is 1220. The summed E-state index contributed by atoms with van der Waals surface area (Å²) in [6.45, 7) is 0.738. The molecule has 0 spiro atoms. The molecule has 10 heteroatoms. The van der Waals surface area contributed by atoms with E-state index in [1.807, 2.05) is 41.0 Å². The number of carbonyl (C=O) groups excluding carboxylic acids is 1. The monoisotopic (exact) mass is 495 g/mol. The Labute approximate surface area is 206 Å². The van der Waals surface area contributed by atoms with Crippen LogP contribution in [0.1, 0.15) is 0 Å². The summed E-state index contributed by atoms with van der Waals surface area (Å²) in [4.78, 5) is 16.5. The van der Waals surface area contributed by atoms with E-state index in [1.54, 1.807) is 43.8 Å². The Hall–Kier alpha value is -3.56. The maximum atomic E-state index is 12.4. The number of thioether (sulfide) groups is 1. The van der Waals surface area contributed by atoms with Crippen molar-refractivity contribution in [2.75, 3.05) is 26.0 Å². The first-order valence-corrected chi connectivity index (χ1v) is 11.8. The zero-order chi connectivity index (χ0) is 23.8. The van der Waals surface area contributed by atoms with E-state index in [1.165, 1.54) is 11.8 Å². The molecule has 0 saturated carbocycles. The van der Waals surface area contributed by atoms with E-state index in [0.717, 1.165) is 17.0 Å². The molecule has 0 bridgehead atoms. The number of amides is 1. The highest BCUT2D eigenvalue weighted by Crippen LogP contribution is 2.28. The number of carbonyl (C=O) groups is 1. The van der Waals surface area contributed by atoms with Gasteiger partial charge in [0.25, 0.3) is 0 Å². The van der Waals surface area contributed by atoms with Crippen molar-refractivity contribution in [2.24, 2.45) is 0 Å². The molecule has 4 rings (SSSR count). The highest BCUT2D eigenvalue weighted by Gasteiger charge is 2.17. The molecule has 2 heterocycles. The van der Waals surface area contributed by atoms with Crippen LogP contribution in [0.15, 0.2) is 78.2 Å². The van der Waals surface area contributed by atoms with Crippen LogP contribution in [-0.4, -0.2) is 51.7 Å². The standard InChI is InChI=1S/C24H22ClN5O3S/c1-32-20-8-4-19(5-9-20)30-23(17-10-12-26-13-11-17)28-29-24(30)34-16-22(31)27-14-15-33-21-6-2-18(25)3-7-21/h2-13H,14-16H2,1H3,(H,27,31). The van der Waals surface area contributed by atoms with Crippen molar-refractivity contribution in [1.29, 1.82) is 0 Å². The molecule has 0 saturated heterocycles. The first-order chi connectivity index (χ1) is 16.6. The van der Waals surface area contributed by atoms with Gasteiger partial charge in [0, 0.05) is 28.7 Å². The first-order valence-electron chi connectivity index (χ1n) is 10.4. The number of hydrogen-bond acceptors (Lipinski definition) is 7. The number of benzene rings is 2. The van der Waals surface area contributed by atoms with Gasteiger partial charge in [-0.1, -0.05) is 23.4 Å². The molecule has 4 aromatic rings. The molecule has 0 aliphatic rings. The topological polar surface area (TPSA) is 91.2 Å². The van der Waals surface area contributed by atoms with Gasteiger partial charge in [-0.15, -0.1) is 10.2 Å². The maximum Gasteiger partial charge on any atom is 0.230 e. The van der Waals surface area contributed by atoms with E-state index < -0.39 is 0 Å². The molecule has 0 unspecified atom stereocenters. The molecule has 0 aliphatic carbocycles. The van der Waals surface area contributed by atoms with Crippen molar-refractivity contribution < 1.29 is 14.3 Å². The minimum atomic E-state index is -0.126. The number of pyridine rings is 1. The summed E-state index contributed by atoms with van der Waals surface area (Å²) in [5.41, 5.74) is 1.73. The average Bonchev–Trinajstić information content (AvgIpc) is 3.31. The zero-order valence-corrected chi connectivity index (χ0v) is 19.9. The number of rotatable bonds is 10. The van der Waals surface area contributed by atoms with Crippen molar-refractivity contribution in [3.8, 4) is 28.6 Å². The van der Waals surface area contributed by atoms with Crippen LogP contribution < -0.4 is 14.8 Å². The molecule has 0 atom stereocenters. The quantitative estimate of drug-likeness (QED) is 0.259. The van der Waals surface area contributed by atoms with E-state index >= 15 is 0 Å². The van der Waals surface area contributed by atoms with E-state index in [4.69, 9.17) is 21.1 Å². The van der Waals surface area contributed by atoms with Gasteiger partial charge < -0.3 is 14.8 Å². The number of ether oxygens (including phenoxy) is 2. The van der Waals surface area contributed by atoms with Crippen LogP contribution in [0.5, 0.6) is 11.5 Å². The third kappa shape index (κ3) is 6.06. The fourth-order valence-electron chi connectivity index (χ4n) is 3.09. The number of methoxy groups -OCH3 is 1. The fraction of sp³-hybridized carbons (Fsp3) is 0.167. The van der Waals surface area contributed by atoms with Crippen LogP contribution >= 0.6 is 23.4 Å². The predicted molar refractivity (Wildman–Crippen MR) is 132 cm³/mol. The Kier molecular flexibility index (Phi) is 8.00. The summed E-state index contributed by atoms with van der Waals surface area (Å²) in [5.74, 6) is 2.17. The maximum absolute atomic E-state index is 12.4. The zero-order valence-electron chi connectivity index (χ0n) is 18.3. The van der Waals surface area contributed by atoms with E-state index in [9.17, 15) is 4.79 Å². The van der Waals surface area contributed by atoms with E-state index in [-0.39, 0.29) is 11.7 Å². The van der Waals surface area contributed by atoms with Crippen LogP contribution in [0, 0.1) is 0 Å². The number of nitrogens with one attached hydrogen (secondary N) is 1. The Morgan fingerprint density at radius 3 is 2.41 bits per heavy atom. The van der Waals surface area contributed by atoms with Gasteiger partial charge in [0.2, 0.25) is 5.91 Å². The molecule has 8 nitrogen and oxygen atoms in total. The van der Waals surface area contributed by atoms with E-state index in [0.29, 0.717) is 34.9 Å². The molecular formula is C24H22ClN5O3S. The molecule has 1 N–H and O–H groups in total. The Morgan fingerprint density at radius 1 is 1.00 bits per heavy atom. The van der Waals surface area contributed by atoms with Gasteiger partial charge in [-0.2, -0.15) is 0 Å². The lowest BCUT2D eigenvalue weighted by Crippen LogP contribution is -2.29. The molecule has 1 amide bonds. The summed E-state index contributed by atoms with van der Waals surface area (Å²) >= 11 is 7.17. The van der Waals surface area contributed by atoms with Crippen LogP contribution in [0.4, 0.5) is 0 Å². The molecule has 0 radical (unpaired) electrons. The Balaban J connectivity index is 1.40. The van der Waals surface area contributed by atoms with Crippen LogP contribution in [0.25, 0.3) is 17.1 Å². The van der Waals surface area contributed by atoms with Gasteiger partial charge in [0.1, 0.15) is 18.1 Å². The lowest BCUT2D eigenvalue weighted by Gasteiger charge is -2.11. The SMILES string of the molecule is COc1ccc(-n2c(SCC(=O)NCCOc3ccc(Cl)cc3)nnc2-c2ccncc2)cc1. The van der Waals surface area contributed by atoms with Gasteiger partial charge in [-0.25, -0.2) is 0 Å². The van der Waals surface area contributed by atoms with E-state index in [2.05, 4.69) is 20.5 Å². The summed E-state index contributed by atoms with van der Waals surface area (Å²) in [7, 11) is 1.62. The summed E-state index contributed by atoms with van der Waals surface area (Å²) in [6.07, 6.45) is 3.41. The molecule has 174 valence electrons. The predicted octanol–water partition coefficient (Wildman–Crippen LogP) is 4.28. The number of aromatic nitrogens is 4. The van der Waals surface area contributed by atoms with Crippen LogP contribution in [0.2, 0.25) is 5.02 Å². The second-order valence-electron chi connectivity index (χ2n) is 7.02. The molecule has 2 aromatic heterocycles. The Morgan fingerprint density at radius 2 is 1.71 bits per heavy atom. The third-order valence-electron chi connectivity index (χ3n) is 4.74. The highest BCUT2D eigenvalue weighted by molar-refractivity contribution is 7.99. The second kappa shape index (κ2) is 11.5. The van der Waals surface area contributed by atoms with Crippen molar-refractivity contribution in [1.82, 2.24) is 25.1 Å². The lowest BCUT2D eigenvalue weighted by molar-refractivity contribution is -0.118. The largest absolute Gasteiger partial charge is 0.497 e. The van der Waals surface area contributed by atoms with Crippen LogP contribution in [0.3, 0.4) is 0 Å². The number of halogens is 1. The second-order valence-corrected chi connectivity index (χ2v) is 8.40. The average molecular weight is 496 g/mol. The minimum absolute atomic E-state index is 0.126. The molecule has 0 fully saturated rings. The van der Waals surface area contributed by atoms with Gasteiger partial charge in [-0.05, 0) is 60.7 Å². The molecular weight excluding hydrogens is 474 g/mol. The third-order valence-corrected chi connectivity index (χ3v) is 5.92. The fourth-order valence-corrected chi connectivity index (χ4v) is 3.99. The molecule has 2 aromatic carbocycles. The first kappa shape index (κ1) is 23.6. The molecule has 34 heavy (non-hydrogen) atoms. The smallest absolute Gasteiger partial charge is 0.230 e. The van der Waals surface area contributed by atoms with Crippen LogP contribution in [-0.2, 0) is 4.79 Å². The van der Waals surface area contributed by atoms with Gasteiger partial charge in [0.15, 0.2) is 11.0 Å². The van der Waals surface area contributed by atoms with Crippen molar-refractivity contribution in [2.45, 2.75) is 5.16 Å².